The normalized spacial score (nSPS) is 10.8. The Morgan fingerprint density at radius 3 is 2.67 bits per heavy atom. The van der Waals surface area contributed by atoms with E-state index in [0.717, 1.165) is 31.0 Å². The van der Waals surface area contributed by atoms with E-state index in [1.165, 1.54) is 5.56 Å². The summed E-state index contributed by atoms with van der Waals surface area (Å²) >= 11 is 0. The molecule has 1 heterocycles. The van der Waals surface area contributed by atoms with Crippen molar-refractivity contribution in [1.29, 1.82) is 0 Å². The molecule has 0 amide bonds. The van der Waals surface area contributed by atoms with E-state index in [9.17, 15) is 0 Å². The average molecular weight is 241 g/mol. The Labute approximate surface area is 108 Å². The molecule has 0 saturated heterocycles. The molecule has 0 unspecified atom stereocenters. The van der Waals surface area contributed by atoms with Crippen molar-refractivity contribution in [2.45, 2.75) is 20.0 Å². The molecule has 0 fully saturated rings. The summed E-state index contributed by atoms with van der Waals surface area (Å²) in [6, 6.07) is 14.1. The highest BCUT2D eigenvalue weighted by Crippen LogP contribution is 2.11. The van der Waals surface area contributed by atoms with Gasteiger partial charge < -0.3 is 5.73 Å². The number of hydrogen-bond donors (Lipinski definition) is 1. The van der Waals surface area contributed by atoms with Crippen molar-refractivity contribution in [3.05, 3.63) is 59.9 Å². The molecule has 0 atom stereocenters. The van der Waals surface area contributed by atoms with Gasteiger partial charge in [-0.05, 0) is 36.4 Å². The molecule has 0 saturated carbocycles. The molecule has 0 aliphatic rings. The number of hydrogen-bond acceptors (Lipinski definition) is 3. The molecule has 0 aliphatic carbocycles. The number of benzene rings is 1. The van der Waals surface area contributed by atoms with E-state index >= 15 is 0 Å². The molecule has 0 radical (unpaired) electrons. The summed E-state index contributed by atoms with van der Waals surface area (Å²) in [6.07, 6.45) is 1.84. The van der Waals surface area contributed by atoms with Crippen LogP contribution in [0.25, 0.3) is 0 Å². The van der Waals surface area contributed by atoms with Crippen LogP contribution in [0.2, 0.25) is 0 Å². The zero-order valence-corrected chi connectivity index (χ0v) is 10.7. The van der Waals surface area contributed by atoms with Crippen molar-refractivity contribution in [3.8, 4) is 0 Å². The number of rotatable bonds is 5. The average Bonchev–Trinajstić information content (AvgIpc) is 2.39. The first-order valence-electron chi connectivity index (χ1n) is 6.24. The van der Waals surface area contributed by atoms with Crippen LogP contribution in [-0.2, 0) is 13.1 Å². The zero-order chi connectivity index (χ0) is 12.8. The summed E-state index contributed by atoms with van der Waals surface area (Å²) in [7, 11) is 0. The molecule has 0 spiro atoms. The highest BCUT2D eigenvalue weighted by molar-refractivity contribution is 5.40. The van der Waals surface area contributed by atoms with Crippen LogP contribution in [0.15, 0.2) is 48.7 Å². The largest absolute Gasteiger partial charge is 0.399 e. The SMILES string of the molecule is CCN(Cc1cccc(N)c1)Cc1ccccn1. The minimum Gasteiger partial charge on any atom is -0.399 e. The third-order valence-corrected chi connectivity index (χ3v) is 2.92. The summed E-state index contributed by atoms with van der Waals surface area (Å²) in [5, 5.41) is 0. The van der Waals surface area contributed by atoms with E-state index in [1.807, 2.05) is 36.5 Å². The van der Waals surface area contributed by atoms with E-state index < -0.39 is 0 Å². The monoisotopic (exact) mass is 241 g/mol. The van der Waals surface area contributed by atoms with Gasteiger partial charge in [0.2, 0.25) is 0 Å². The second-order valence-electron chi connectivity index (χ2n) is 4.37. The Balaban J connectivity index is 2.01. The standard InChI is InChI=1S/C15H19N3/c1-2-18(12-15-8-3-4-9-17-15)11-13-6-5-7-14(16)10-13/h3-10H,2,11-12,16H2,1H3. The molecule has 1 aromatic carbocycles. The number of nitrogens with zero attached hydrogens (tertiary/aromatic N) is 2. The van der Waals surface area contributed by atoms with Crippen molar-refractivity contribution in [3.63, 3.8) is 0 Å². The van der Waals surface area contributed by atoms with Gasteiger partial charge >= 0.3 is 0 Å². The Morgan fingerprint density at radius 1 is 1.11 bits per heavy atom. The summed E-state index contributed by atoms with van der Waals surface area (Å²) in [5.74, 6) is 0. The van der Waals surface area contributed by atoms with Gasteiger partial charge in [0.15, 0.2) is 0 Å². The summed E-state index contributed by atoms with van der Waals surface area (Å²) in [6.45, 7) is 4.92. The lowest BCUT2D eigenvalue weighted by Gasteiger charge is -2.20. The third kappa shape index (κ3) is 3.57. The van der Waals surface area contributed by atoms with Gasteiger partial charge in [-0.15, -0.1) is 0 Å². The van der Waals surface area contributed by atoms with Gasteiger partial charge in [-0.3, -0.25) is 9.88 Å². The molecule has 2 N–H and O–H groups in total. The Kier molecular flexibility index (Phi) is 4.31. The van der Waals surface area contributed by atoms with Crippen LogP contribution in [0.4, 0.5) is 5.69 Å². The molecular formula is C15H19N3. The van der Waals surface area contributed by atoms with Gasteiger partial charge in [0, 0.05) is 25.0 Å². The minimum atomic E-state index is 0.821. The van der Waals surface area contributed by atoms with Gasteiger partial charge in [-0.25, -0.2) is 0 Å². The lowest BCUT2D eigenvalue weighted by Crippen LogP contribution is -2.22. The van der Waals surface area contributed by atoms with Gasteiger partial charge in [-0.1, -0.05) is 25.1 Å². The molecular weight excluding hydrogens is 222 g/mol. The quantitative estimate of drug-likeness (QED) is 0.818. The number of pyridine rings is 1. The first-order valence-corrected chi connectivity index (χ1v) is 6.24. The first kappa shape index (κ1) is 12.6. The lowest BCUT2D eigenvalue weighted by atomic mass is 10.2. The fraction of sp³-hybridized carbons (Fsp3) is 0.267. The Morgan fingerprint density at radius 2 is 2.00 bits per heavy atom. The van der Waals surface area contributed by atoms with Gasteiger partial charge in [0.05, 0.1) is 5.69 Å². The number of nitrogen functional groups attached to an aromatic ring is 1. The van der Waals surface area contributed by atoms with E-state index in [2.05, 4.69) is 28.9 Å². The third-order valence-electron chi connectivity index (χ3n) is 2.92. The maximum atomic E-state index is 5.80. The number of aromatic nitrogens is 1. The lowest BCUT2D eigenvalue weighted by molar-refractivity contribution is 0.268. The highest BCUT2D eigenvalue weighted by atomic mass is 15.1. The predicted octanol–water partition coefficient (Wildman–Crippen LogP) is 2.69. The number of anilines is 1. The fourth-order valence-electron chi connectivity index (χ4n) is 1.95. The second kappa shape index (κ2) is 6.17. The molecule has 1 aromatic heterocycles. The zero-order valence-electron chi connectivity index (χ0n) is 10.7. The van der Waals surface area contributed by atoms with Crippen molar-refractivity contribution < 1.29 is 0 Å². The van der Waals surface area contributed by atoms with Crippen molar-refractivity contribution in [2.75, 3.05) is 12.3 Å². The molecule has 0 bridgehead atoms. The van der Waals surface area contributed by atoms with E-state index in [0.29, 0.717) is 0 Å². The molecule has 0 aliphatic heterocycles. The van der Waals surface area contributed by atoms with E-state index in [1.54, 1.807) is 0 Å². The van der Waals surface area contributed by atoms with E-state index in [-0.39, 0.29) is 0 Å². The van der Waals surface area contributed by atoms with Crippen LogP contribution in [0.5, 0.6) is 0 Å². The minimum absolute atomic E-state index is 0.821. The highest BCUT2D eigenvalue weighted by Gasteiger charge is 2.05. The fourth-order valence-corrected chi connectivity index (χ4v) is 1.95. The van der Waals surface area contributed by atoms with Gasteiger partial charge in [0.1, 0.15) is 0 Å². The summed E-state index contributed by atoms with van der Waals surface area (Å²) in [5.41, 5.74) is 8.96. The maximum absolute atomic E-state index is 5.80. The van der Waals surface area contributed by atoms with Crippen LogP contribution in [0.3, 0.4) is 0 Å². The predicted molar refractivity (Wildman–Crippen MR) is 74.9 cm³/mol. The molecule has 18 heavy (non-hydrogen) atoms. The van der Waals surface area contributed by atoms with Crippen molar-refractivity contribution in [1.82, 2.24) is 9.88 Å². The summed E-state index contributed by atoms with van der Waals surface area (Å²) in [4.78, 5) is 6.70. The van der Waals surface area contributed by atoms with Gasteiger partial charge in [0.25, 0.3) is 0 Å². The molecule has 94 valence electrons. The summed E-state index contributed by atoms with van der Waals surface area (Å²) < 4.78 is 0. The maximum Gasteiger partial charge on any atom is 0.0544 e. The van der Waals surface area contributed by atoms with Crippen LogP contribution < -0.4 is 5.73 Å². The van der Waals surface area contributed by atoms with Crippen LogP contribution in [0, 0.1) is 0 Å². The molecule has 2 rings (SSSR count). The van der Waals surface area contributed by atoms with E-state index in [4.69, 9.17) is 5.73 Å². The van der Waals surface area contributed by atoms with Crippen LogP contribution in [0.1, 0.15) is 18.2 Å². The topological polar surface area (TPSA) is 42.1 Å². The second-order valence-corrected chi connectivity index (χ2v) is 4.37. The molecule has 3 heteroatoms. The Bertz CT molecular complexity index is 482. The van der Waals surface area contributed by atoms with Gasteiger partial charge in [-0.2, -0.15) is 0 Å². The number of nitrogens with two attached hydrogens (primary N) is 1. The van der Waals surface area contributed by atoms with Crippen LogP contribution in [-0.4, -0.2) is 16.4 Å². The Hall–Kier alpha value is -1.87. The molecule has 2 aromatic rings. The van der Waals surface area contributed by atoms with Crippen molar-refractivity contribution >= 4 is 5.69 Å². The van der Waals surface area contributed by atoms with Crippen molar-refractivity contribution in [2.24, 2.45) is 0 Å². The van der Waals surface area contributed by atoms with Crippen LogP contribution >= 0.6 is 0 Å². The smallest absolute Gasteiger partial charge is 0.0544 e. The molecule has 3 nitrogen and oxygen atoms in total. The first-order chi connectivity index (χ1) is 8.78.